The van der Waals surface area contributed by atoms with E-state index in [2.05, 4.69) is 80.4 Å². The van der Waals surface area contributed by atoms with Crippen LogP contribution in [-0.4, -0.2) is 54.3 Å². The number of hydrogen-bond donors (Lipinski definition) is 1. The number of fused-ring (bicyclic) bond motifs is 2. The van der Waals surface area contributed by atoms with Gasteiger partial charge in [0.05, 0.1) is 19.7 Å². The second-order valence-electron chi connectivity index (χ2n) is 10.4. The number of ether oxygens (including phenoxy) is 2. The zero-order chi connectivity index (χ0) is 27.1. The molecular weight excluding hydrogens is 472 g/mol. The monoisotopic (exact) mass is 514 g/mol. The van der Waals surface area contributed by atoms with E-state index in [9.17, 15) is 0 Å². The van der Waals surface area contributed by atoms with E-state index in [1.165, 1.54) is 30.0 Å². The van der Waals surface area contributed by atoms with E-state index >= 15 is 0 Å². The van der Waals surface area contributed by atoms with Crippen LogP contribution in [0.1, 0.15) is 53.4 Å². The quantitative estimate of drug-likeness (QED) is 0.186. The summed E-state index contributed by atoms with van der Waals surface area (Å²) in [5, 5.41) is 6.90. The van der Waals surface area contributed by atoms with Crippen LogP contribution in [0.15, 0.2) is 54.6 Å². The molecule has 4 rings (SSSR count). The van der Waals surface area contributed by atoms with Gasteiger partial charge in [0.25, 0.3) is 0 Å². The summed E-state index contributed by atoms with van der Waals surface area (Å²) >= 11 is 0. The summed E-state index contributed by atoms with van der Waals surface area (Å²) in [5.41, 5.74) is 1.81. The van der Waals surface area contributed by atoms with Crippen LogP contribution in [0.3, 0.4) is 0 Å². The van der Waals surface area contributed by atoms with Gasteiger partial charge < -0.3 is 14.8 Å². The smallest absolute Gasteiger partial charge is 0.162 e. The van der Waals surface area contributed by atoms with Gasteiger partial charge in [-0.25, -0.2) is 9.97 Å². The van der Waals surface area contributed by atoms with Crippen molar-refractivity contribution in [2.24, 2.45) is 0 Å². The molecule has 0 amide bonds. The summed E-state index contributed by atoms with van der Waals surface area (Å²) in [6, 6.07) is 19.8. The molecule has 0 aliphatic heterocycles. The lowest BCUT2D eigenvalue weighted by molar-refractivity contribution is 0.171. The Labute approximate surface area is 227 Å². The van der Waals surface area contributed by atoms with Crippen LogP contribution < -0.4 is 14.8 Å². The molecule has 0 unspecified atom stereocenters. The Morgan fingerprint density at radius 2 is 1.45 bits per heavy atom. The second kappa shape index (κ2) is 12.9. The van der Waals surface area contributed by atoms with Crippen molar-refractivity contribution in [3.8, 4) is 22.9 Å². The Morgan fingerprint density at radius 3 is 2.16 bits per heavy atom. The van der Waals surface area contributed by atoms with E-state index in [4.69, 9.17) is 19.4 Å². The van der Waals surface area contributed by atoms with Gasteiger partial charge in [-0.3, -0.25) is 4.90 Å². The number of nitrogens with one attached hydrogen (secondary N) is 1. The molecule has 1 heterocycles. The number of unbranched alkanes of at least 4 members (excludes halogenated alkanes) is 3. The van der Waals surface area contributed by atoms with E-state index in [1.54, 1.807) is 14.2 Å². The lowest BCUT2D eigenvalue weighted by atomic mass is 10.1. The highest BCUT2D eigenvalue weighted by Crippen LogP contribution is 2.35. The molecule has 0 spiro atoms. The Kier molecular flexibility index (Phi) is 9.40. The van der Waals surface area contributed by atoms with Crippen LogP contribution in [0.25, 0.3) is 33.1 Å². The van der Waals surface area contributed by atoms with E-state index in [0.717, 1.165) is 41.8 Å². The molecule has 202 valence electrons. The molecule has 0 fully saturated rings. The maximum atomic E-state index is 5.57. The van der Waals surface area contributed by atoms with Crippen LogP contribution in [0.5, 0.6) is 11.5 Å². The number of anilines is 1. The Bertz CT molecular complexity index is 1340. The topological polar surface area (TPSA) is 59.5 Å². The minimum Gasteiger partial charge on any atom is -0.493 e. The van der Waals surface area contributed by atoms with Gasteiger partial charge in [-0.1, -0.05) is 49.2 Å². The molecule has 0 saturated carbocycles. The van der Waals surface area contributed by atoms with Crippen LogP contribution in [0.4, 0.5) is 5.82 Å². The third-order valence-corrected chi connectivity index (χ3v) is 7.17. The van der Waals surface area contributed by atoms with Crippen LogP contribution >= 0.6 is 0 Å². The van der Waals surface area contributed by atoms with Crippen molar-refractivity contribution in [1.29, 1.82) is 0 Å². The van der Waals surface area contributed by atoms with Crippen molar-refractivity contribution in [2.75, 3.05) is 32.6 Å². The predicted octanol–water partition coefficient (Wildman–Crippen LogP) is 7.56. The van der Waals surface area contributed by atoms with Gasteiger partial charge in [0, 0.05) is 35.6 Å². The fraction of sp³-hybridized carbons (Fsp3) is 0.438. The lowest BCUT2D eigenvalue weighted by Gasteiger charge is -2.30. The minimum absolute atomic E-state index is 0.593. The van der Waals surface area contributed by atoms with Crippen LogP contribution in [0.2, 0.25) is 0 Å². The van der Waals surface area contributed by atoms with E-state index in [-0.39, 0.29) is 0 Å². The van der Waals surface area contributed by atoms with Gasteiger partial charge in [0.15, 0.2) is 17.3 Å². The third kappa shape index (κ3) is 6.54. The van der Waals surface area contributed by atoms with Crippen molar-refractivity contribution < 1.29 is 9.47 Å². The summed E-state index contributed by atoms with van der Waals surface area (Å²) in [7, 11) is 3.30. The van der Waals surface area contributed by atoms with Gasteiger partial charge >= 0.3 is 0 Å². The van der Waals surface area contributed by atoms with E-state index in [1.807, 2.05) is 12.1 Å². The maximum Gasteiger partial charge on any atom is 0.162 e. The molecular formula is C32H42N4O2. The third-order valence-electron chi connectivity index (χ3n) is 7.17. The van der Waals surface area contributed by atoms with Crippen LogP contribution in [-0.2, 0) is 0 Å². The molecule has 6 heteroatoms. The normalized spacial score (nSPS) is 11.7. The summed E-state index contributed by atoms with van der Waals surface area (Å²) < 4.78 is 11.1. The molecule has 0 aliphatic rings. The predicted molar refractivity (Wildman–Crippen MR) is 160 cm³/mol. The number of methoxy groups -OCH3 is 2. The molecule has 0 saturated heterocycles. The first kappa shape index (κ1) is 27.6. The maximum absolute atomic E-state index is 5.57. The summed E-state index contributed by atoms with van der Waals surface area (Å²) in [4.78, 5) is 12.5. The highest BCUT2D eigenvalue weighted by molar-refractivity contribution is 5.94. The molecule has 4 aromatic rings. The van der Waals surface area contributed by atoms with Crippen molar-refractivity contribution >= 4 is 27.5 Å². The van der Waals surface area contributed by atoms with Crippen LogP contribution in [0, 0.1) is 0 Å². The minimum atomic E-state index is 0.593. The molecule has 6 nitrogen and oxygen atoms in total. The molecule has 1 aromatic heterocycles. The number of benzene rings is 3. The summed E-state index contributed by atoms with van der Waals surface area (Å²) in [6.07, 6.45) is 4.74. The molecule has 1 N–H and O–H groups in total. The van der Waals surface area contributed by atoms with Crippen molar-refractivity contribution in [1.82, 2.24) is 14.9 Å². The highest BCUT2D eigenvalue weighted by Gasteiger charge is 2.15. The first-order valence-electron chi connectivity index (χ1n) is 13.8. The second-order valence-corrected chi connectivity index (χ2v) is 10.4. The van der Waals surface area contributed by atoms with Gasteiger partial charge in [0.2, 0.25) is 0 Å². The fourth-order valence-corrected chi connectivity index (χ4v) is 5.14. The Hall–Kier alpha value is -3.38. The average molecular weight is 515 g/mol. The lowest BCUT2D eigenvalue weighted by Crippen LogP contribution is -2.37. The van der Waals surface area contributed by atoms with Gasteiger partial charge in [-0.2, -0.15) is 0 Å². The SMILES string of the molecule is COc1cc2nc(-c3ccc4ccccc4c3)nc(NCCCCCCN(C(C)C)C(C)C)c2cc1OC. The Morgan fingerprint density at radius 1 is 0.763 bits per heavy atom. The average Bonchev–Trinajstić information content (AvgIpc) is 2.92. The fourth-order valence-electron chi connectivity index (χ4n) is 5.14. The molecule has 0 bridgehead atoms. The molecule has 38 heavy (non-hydrogen) atoms. The molecule has 0 atom stereocenters. The molecule has 0 aliphatic carbocycles. The van der Waals surface area contributed by atoms with Crippen molar-refractivity contribution in [3.63, 3.8) is 0 Å². The van der Waals surface area contributed by atoms with Gasteiger partial charge in [-0.15, -0.1) is 0 Å². The summed E-state index contributed by atoms with van der Waals surface area (Å²) in [5.74, 6) is 2.85. The van der Waals surface area contributed by atoms with E-state index in [0.29, 0.717) is 29.4 Å². The number of nitrogens with zero attached hydrogens (tertiary/aromatic N) is 3. The summed E-state index contributed by atoms with van der Waals surface area (Å²) in [6.45, 7) is 11.2. The zero-order valence-corrected chi connectivity index (χ0v) is 23.8. The standard InChI is InChI=1S/C32H42N4O2/c1-22(2)36(23(3)4)18-12-8-7-11-17-33-32-27-20-29(37-5)30(38-6)21-28(27)34-31(35-32)26-16-15-24-13-9-10-14-25(24)19-26/h9-10,13-16,19-23H,7-8,11-12,17-18H2,1-6H3,(H,33,34,35). The number of hydrogen-bond acceptors (Lipinski definition) is 6. The highest BCUT2D eigenvalue weighted by atomic mass is 16.5. The van der Waals surface area contributed by atoms with Crippen molar-refractivity contribution in [3.05, 3.63) is 54.6 Å². The van der Waals surface area contributed by atoms with Gasteiger partial charge in [-0.05, 0) is 70.0 Å². The molecule has 3 aromatic carbocycles. The van der Waals surface area contributed by atoms with Crippen molar-refractivity contribution in [2.45, 2.75) is 65.5 Å². The first-order valence-corrected chi connectivity index (χ1v) is 13.8. The largest absolute Gasteiger partial charge is 0.493 e. The first-order chi connectivity index (χ1) is 18.4. The Balaban J connectivity index is 1.52. The van der Waals surface area contributed by atoms with E-state index < -0.39 is 0 Å². The zero-order valence-electron chi connectivity index (χ0n) is 23.8. The molecule has 0 radical (unpaired) electrons. The number of aromatic nitrogens is 2. The number of rotatable bonds is 13. The van der Waals surface area contributed by atoms with Gasteiger partial charge in [0.1, 0.15) is 5.82 Å².